The molecule has 2 aromatic heterocycles. The van der Waals surface area contributed by atoms with E-state index in [1.165, 1.54) is 12.8 Å². The van der Waals surface area contributed by atoms with Crippen molar-refractivity contribution in [1.82, 2.24) is 30.6 Å². The highest BCUT2D eigenvalue weighted by Crippen LogP contribution is 2.28. The number of imidazole rings is 2. The van der Waals surface area contributed by atoms with Gasteiger partial charge in [0.05, 0.1) is 33.4 Å². The van der Waals surface area contributed by atoms with Gasteiger partial charge >= 0.3 is 23.4 Å². The molecule has 7 rings (SSSR count). The van der Waals surface area contributed by atoms with Gasteiger partial charge in [-0.05, 0) is 72.5 Å². The minimum Gasteiger partial charge on any atom is -0.377 e. The largest absolute Gasteiger partial charge is 0.377 e. The molecule has 4 aromatic carbocycles. The summed E-state index contributed by atoms with van der Waals surface area (Å²) in [6.07, 6.45) is 2.33. The number of aromatic amines is 4. The number of anilines is 4. The number of carbonyl (C=O) groups is 2. The minimum atomic E-state index is -0.366. The molecule has 8 N–H and O–H groups in total. The molecule has 0 radical (unpaired) electrons. The summed E-state index contributed by atoms with van der Waals surface area (Å²) in [6.45, 7) is 2.73. The highest BCUT2D eigenvalue weighted by molar-refractivity contribution is 6.31. The molecule has 3 heterocycles. The summed E-state index contributed by atoms with van der Waals surface area (Å²) in [5.41, 5.74) is 6.81. The van der Waals surface area contributed by atoms with E-state index in [-0.39, 0.29) is 23.4 Å². The van der Waals surface area contributed by atoms with Crippen LogP contribution >= 0.6 is 23.2 Å². The zero-order chi connectivity index (χ0) is 36.8. The summed E-state index contributed by atoms with van der Waals surface area (Å²) in [5.74, 6) is 0. The minimum absolute atomic E-state index is 0.309. The van der Waals surface area contributed by atoms with Gasteiger partial charge in [0.15, 0.2) is 0 Å². The fraction of sp³-hybridized carbons (Fsp3) is 0.222. The van der Waals surface area contributed by atoms with Crippen LogP contribution in [0.5, 0.6) is 0 Å². The maximum Gasteiger partial charge on any atom is 0.323 e. The lowest BCUT2D eigenvalue weighted by atomic mass is 10.1. The van der Waals surface area contributed by atoms with E-state index in [1.807, 2.05) is 49.3 Å². The Balaban J connectivity index is 0.000000179. The van der Waals surface area contributed by atoms with Crippen LogP contribution < -0.4 is 42.4 Å². The smallest absolute Gasteiger partial charge is 0.323 e. The number of hydrogen-bond acceptors (Lipinski definition) is 6. The zero-order valence-corrected chi connectivity index (χ0v) is 30.0. The van der Waals surface area contributed by atoms with Crippen molar-refractivity contribution in [1.29, 1.82) is 0 Å². The second kappa shape index (κ2) is 16.0. The third kappa shape index (κ3) is 8.71. The number of hydrogen-bond donors (Lipinski definition) is 8. The molecular formula is C36H38Cl2N10O4. The Bertz CT molecular complexity index is 2340. The molecular weight excluding hydrogens is 707 g/mol. The maximum atomic E-state index is 12.4. The highest BCUT2D eigenvalue weighted by Gasteiger charge is 2.17. The van der Waals surface area contributed by atoms with Gasteiger partial charge in [0, 0.05) is 61.7 Å². The number of para-hydroxylation sites is 2. The Hall–Kier alpha value is -5.86. The average Bonchev–Trinajstić information content (AvgIpc) is 3.87. The molecule has 6 aromatic rings. The van der Waals surface area contributed by atoms with Crippen LogP contribution in [0.1, 0.15) is 24.0 Å². The van der Waals surface area contributed by atoms with E-state index >= 15 is 0 Å². The second-order valence-corrected chi connectivity index (χ2v) is 13.2. The van der Waals surface area contributed by atoms with Crippen molar-refractivity contribution in [3.8, 4) is 0 Å². The standard InChI is InChI=1S/C19H20ClN5O2.C17H18ClN5O2/c20-13-7-6-12(16(10-13)25-8-1-2-9-25)11-21-18(26)22-14-4-3-5-15-17(14)24-19(27)23-15;1-23(2)14-8-11(18)7-6-10(14)9-19-16(24)20-12-4-3-5-13-15(12)22-17(25)21-13/h3-7,10H,1-2,8-9,11H2,(H2,21,22,26)(H2,23,24,27);3-8H,9H2,1-2H3,(H2,19,20,24)(H2,21,22,25). The number of benzene rings is 4. The van der Waals surface area contributed by atoms with Gasteiger partial charge in [-0.3, -0.25) is 0 Å². The maximum absolute atomic E-state index is 12.4. The quantitative estimate of drug-likeness (QED) is 0.0900. The fourth-order valence-corrected chi connectivity index (χ4v) is 6.38. The normalized spacial score (nSPS) is 12.3. The van der Waals surface area contributed by atoms with Crippen molar-refractivity contribution in [2.45, 2.75) is 25.9 Å². The van der Waals surface area contributed by atoms with Crippen molar-refractivity contribution in [2.75, 3.05) is 47.6 Å². The third-order valence-corrected chi connectivity index (χ3v) is 8.97. The van der Waals surface area contributed by atoms with E-state index in [0.29, 0.717) is 56.6 Å². The topological polar surface area (TPSA) is 186 Å². The Morgan fingerprint density at radius 3 is 1.73 bits per heavy atom. The molecule has 0 bridgehead atoms. The molecule has 4 amide bonds. The molecule has 1 aliphatic rings. The lowest BCUT2D eigenvalue weighted by Gasteiger charge is -2.22. The number of amides is 4. The first kappa shape index (κ1) is 35.9. The van der Waals surface area contributed by atoms with E-state index in [4.69, 9.17) is 23.2 Å². The molecule has 16 heteroatoms. The van der Waals surface area contributed by atoms with Crippen molar-refractivity contribution >= 4 is 80.1 Å². The van der Waals surface area contributed by atoms with Crippen LogP contribution in [0.2, 0.25) is 10.0 Å². The van der Waals surface area contributed by atoms with Crippen LogP contribution in [0.15, 0.2) is 82.4 Å². The first-order valence-corrected chi connectivity index (χ1v) is 17.3. The number of nitrogens with zero attached hydrogens (tertiary/aromatic N) is 2. The molecule has 0 atom stereocenters. The van der Waals surface area contributed by atoms with Gasteiger partial charge in [-0.25, -0.2) is 19.2 Å². The number of nitrogens with one attached hydrogen (secondary N) is 8. The van der Waals surface area contributed by atoms with Gasteiger partial charge in [-0.15, -0.1) is 0 Å². The molecule has 0 spiro atoms. The van der Waals surface area contributed by atoms with E-state index in [1.54, 1.807) is 42.5 Å². The van der Waals surface area contributed by atoms with Crippen LogP contribution in [-0.4, -0.2) is 59.2 Å². The summed E-state index contributed by atoms with van der Waals surface area (Å²) in [6, 6.07) is 21.1. The summed E-state index contributed by atoms with van der Waals surface area (Å²) >= 11 is 12.2. The average molecular weight is 746 g/mol. The number of fused-ring (bicyclic) bond motifs is 2. The molecule has 52 heavy (non-hydrogen) atoms. The van der Waals surface area contributed by atoms with Crippen LogP contribution in [0, 0.1) is 0 Å². The first-order chi connectivity index (χ1) is 25.0. The van der Waals surface area contributed by atoms with Crippen LogP contribution in [0.3, 0.4) is 0 Å². The van der Waals surface area contributed by atoms with Crippen LogP contribution in [0.4, 0.5) is 32.3 Å². The van der Waals surface area contributed by atoms with Gasteiger partial charge in [-0.1, -0.05) is 47.5 Å². The van der Waals surface area contributed by atoms with E-state index < -0.39 is 0 Å². The Morgan fingerprint density at radius 2 is 1.19 bits per heavy atom. The number of carbonyl (C=O) groups excluding carboxylic acids is 2. The van der Waals surface area contributed by atoms with Gasteiger partial charge in [0.25, 0.3) is 0 Å². The number of halogens is 2. The van der Waals surface area contributed by atoms with Crippen LogP contribution in [0.25, 0.3) is 22.1 Å². The van der Waals surface area contributed by atoms with E-state index in [2.05, 4.69) is 46.1 Å². The molecule has 0 aliphatic carbocycles. The zero-order valence-electron chi connectivity index (χ0n) is 28.5. The number of urea groups is 2. The Morgan fingerprint density at radius 1 is 0.692 bits per heavy atom. The lowest BCUT2D eigenvalue weighted by Crippen LogP contribution is -2.29. The monoisotopic (exact) mass is 744 g/mol. The summed E-state index contributed by atoms with van der Waals surface area (Å²) in [4.78, 5) is 62.4. The predicted octanol–water partition coefficient (Wildman–Crippen LogP) is 6.33. The second-order valence-electron chi connectivity index (χ2n) is 12.4. The Kier molecular flexibility index (Phi) is 11.1. The molecule has 14 nitrogen and oxygen atoms in total. The van der Waals surface area contributed by atoms with Crippen LogP contribution in [-0.2, 0) is 13.1 Å². The molecule has 1 fully saturated rings. The van der Waals surface area contributed by atoms with Crippen molar-refractivity contribution in [2.24, 2.45) is 0 Å². The van der Waals surface area contributed by atoms with Gasteiger partial charge in [0.2, 0.25) is 0 Å². The summed E-state index contributed by atoms with van der Waals surface area (Å²) in [7, 11) is 3.83. The predicted molar refractivity (Wildman–Crippen MR) is 208 cm³/mol. The molecule has 1 aliphatic heterocycles. The SMILES string of the molecule is CN(C)c1cc(Cl)ccc1CNC(=O)Nc1cccc2[nH]c(=O)[nH]c12.O=C(NCc1ccc(Cl)cc1N1CCCC1)Nc1cccc2[nH]c(=O)[nH]c12. The summed E-state index contributed by atoms with van der Waals surface area (Å²) < 4.78 is 0. The van der Waals surface area contributed by atoms with E-state index in [0.717, 1.165) is 35.6 Å². The van der Waals surface area contributed by atoms with E-state index in [9.17, 15) is 19.2 Å². The lowest BCUT2D eigenvalue weighted by molar-refractivity contribution is 0.251. The van der Waals surface area contributed by atoms with Crippen molar-refractivity contribution in [3.05, 3.63) is 115 Å². The highest BCUT2D eigenvalue weighted by atomic mass is 35.5. The molecule has 1 saturated heterocycles. The molecule has 0 saturated carbocycles. The van der Waals surface area contributed by atoms with Gasteiger partial charge < -0.3 is 51.0 Å². The van der Waals surface area contributed by atoms with Gasteiger partial charge in [-0.2, -0.15) is 0 Å². The molecule has 0 unspecified atom stereocenters. The third-order valence-electron chi connectivity index (χ3n) is 8.50. The van der Waals surface area contributed by atoms with Gasteiger partial charge in [0.1, 0.15) is 0 Å². The Labute approximate surface area is 307 Å². The number of rotatable bonds is 8. The molecule has 270 valence electrons. The fourth-order valence-electron chi connectivity index (χ4n) is 6.05. The first-order valence-electron chi connectivity index (χ1n) is 16.5. The van der Waals surface area contributed by atoms with Crippen molar-refractivity contribution < 1.29 is 9.59 Å². The summed E-state index contributed by atoms with van der Waals surface area (Å²) in [5, 5.41) is 12.6. The number of aromatic nitrogens is 4. The van der Waals surface area contributed by atoms with Crippen molar-refractivity contribution in [3.63, 3.8) is 0 Å². The number of H-pyrrole nitrogens is 4.